The van der Waals surface area contributed by atoms with Gasteiger partial charge in [0.05, 0.1) is 0 Å². The Morgan fingerprint density at radius 2 is 2.11 bits per heavy atom. The number of carboxylic acid groups (broad SMARTS) is 1. The van der Waals surface area contributed by atoms with E-state index in [2.05, 4.69) is 29.4 Å². The Morgan fingerprint density at radius 3 is 2.61 bits per heavy atom. The Morgan fingerprint density at radius 1 is 1.44 bits per heavy atom. The lowest BCUT2D eigenvalue weighted by molar-refractivity contribution is -0.147. The Bertz CT molecular complexity index is 480. The average molecular weight is 269 g/mol. The number of nitrogens with one attached hydrogen (secondary N) is 1. The average Bonchev–Trinajstić information content (AvgIpc) is 2.97. The third-order valence-corrected chi connectivity index (χ3v) is 3.73. The molecule has 18 heavy (non-hydrogen) atoms. The van der Waals surface area contributed by atoms with Crippen LogP contribution in [0.2, 0.25) is 0 Å². The molecule has 7 heteroatoms. The van der Waals surface area contributed by atoms with E-state index >= 15 is 0 Å². The summed E-state index contributed by atoms with van der Waals surface area (Å²) >= 11 is 1.30. The molecule has 0 spiro atoms. The van der Waals surface area contributed by atoms with E-state index in [1.165, 1.54) is 11.3 Å². The van der Waals surface area contributed by atoms with Gasteiger partial charge in [-0.1, -0.05) is 25.2 Å². The van der Waals surface area contributed by atoms with Crippen molar-refractivity contribution in [1.29, 1.82) is 0 Å². The van der Waals surface area contributed by atoms with Gasteiger partial charge in [0.25, 0.3) is 0 Å². The van der Waals surface area contributed by atoms with Gasteiger partial charge in [0.2, 0.25) is 11.0 Å². The number of hydrogen-bond acceptors (Lipinski definition) is 5. The molecule has 1 amide bonds. The maximum Gasteiger partial charge on any atom is 0.319 e. The summed E-state index contributed by atoms with van der Waals surface area (Å²) in [5.74, 6) is -1.08. The van der Waals surface area contributed by atoms with Crippen molar-refractivity contribution in [1.82, 2.24) is 10.2 Å². The van der Waals surface area contributed by atoms with E-state index in [9.17, 15) is 9.59 Å². The Kier molecular flexibility index (Phi) is 3.34. The predicted octanol–water partition coefficient (Wildman–Crippen LogP) is 1.54. The first-order valence-electron chi connectivity index (χ1n) is 5.81. The zero-order valence-corrected chi connectivity index (χ0v) is 11.1. The summed E-state index contributed by atoms with van der Waals surface area (Å²) in [6.45, 7) is 4.15. The lowest BCUT2D eigenvalue weighted by Crippen LogP contribution is -2.31. The lowest BCUT2D eigenvalue weighted by atomic mass is 10.1. The highest BCUT2D eigenvalue weighted by Gasteiger charge is 2.57. The first-order chi connectivity index (χ1) is 8.44. The van der Waals surface area contributed by atoms with Crippen molar-refractivity contribution < 1.29 is 14.7 Å². The molecule has 0 saturated heterocycles. The zero-order valence-electron chi connectivity index (χ0n) is 10.3. The van der Waals surface area contributed by atoms with Gasteiger partial charge in [-0.2, -0.15) is 0 Å². The first-order valence-corrected chi connectivity index (χ1v) is 6.63. The van der Waals surface area contributed by atoms with Crippen LogP contribution in [-0.4, -0.2) is 27.2 Å². The quantitative estimate of drug-likeness (QED) is 0.791. The van der Waals surface area contributed by atoms with Crippen LogP contribution in [-0.2, 0) is 16.0 Å². The van der Waals surface area contributed by atoms with Gasteiger partial charge in [-0.3, -0.25) is 14.9 Å². The first kappa shape index (κ1) is 12.9. The van der Waals surface area contributed by atoms with E-state index < -0.39 is 17.3 Å². The van der Waals surface area contributed by atoms with Gasteiger partial charge in [-0.05, 0) is 18.8 Å². The number of hydrogen-bond donors (Lipinski definition) is 2. The second kappa shape index (κ2) is 4.64. The van der Waals surface area contributed by atoms with E-state index in [4.69, 9.17) is 5.11 Å². The number of nitrogens with zero attached hydrogens (tertiary/aromatic N) is 2. The maximum atomic E-state index is 11.8. The molecule has 0 unspecified atom stereocenters. The molecule has 1 aromatic rings. The molecule has 1 heterocycles. The molecule has 1 aliphatic carbocycles. The molecule has 98 valence electrons. The third kappa shape index (κ3) is 2.50. The Labute approximate surface area is 108 Å². The van der Waals surface area contributed by atoms with Crippen LogP contribution in [0.4, 0.5) is 5.13 Å². The van der Waals surface area contributed by atoms with Crippen LogP contribution in [0.1, 0.15) is 31.7 Å². The van der Waals surface area contributed by atoms with Gasteiger partial charge in [-0.15, -0.1) is 10.2 Å². The number of carbonyl (C=O) groups is 2. The van der Waals surface area contributed by atoms with E-state index in [-0.39, 0.29) is 0 Å². The van der Waals surface area contributed by atoms with Crippen molar-refractivity contribution in [3.05, 3.63) is 5.01 Å². The fourth-order valence-electron chi connectivity index (χ4n) is 1.62. The van der Waals surface area contributed by atoms with Crippen LogP contribution < -0.4 is 5.32 Å². The topological polar surface area (TPSA) is 92.2 Å². The minimum atomic E-state index is -1.23. The lowest BCUT2D eigenvalue weighted by Gasteiger charge is -2.07. The predicted molar refractivity (Wildman–Crippen MR) is 66.4 cm³/mol. The van der Waals surface area contributed by atoms with Gasteiger partial charge >= 0.3 is 5.97 Å². The van der Waals surface area contributed by atoms with Gasteiger partial charge < -0.3 is 5.11 Å². The number of carbonyl (C=O) groups excluding carboxylic acids is 1. The number of anilines is 1. The van der Waals surface area contributed by atoms with Gasteiger partial charge in [-0.25, -0.2) is 0 Å². The molecular formula is C11H15N3O3S. The zero-order chi connectivity index (χ0) is 13.3. The molecule has 0 atom stereocenters. The number of rotatable bonds is 5. The number of aliphatic carboxylic acids is 1. The SMILES string of the molecule is CC(C)Cc1nnc(NC(=O)C2(C(=O)O)CC2)s1. The van der Waals surface area contributed by atoms with Crippen LogP contribution in [0.3, 0.4) is 0 Å². The van der Waals surface area contributed by atoms with Crippen LogP contribution in [0.15, 0.2) is 0 Å². The number of aromatic nitrogens is 2. The van der Waals surface area contributed by atoms with Crippen molar-refractivity contribution in [2.75, 3.05) is 5.32 Å². The van der Waals surface area contributed by atoms with Crippen molar-refractivity contribution in [2.45, 2.75) is 33.1 Å². The molecule has 0 aromatic carbocycles. The molecule has 1 aromatic heterocycles. The summed E-state index contributed by atoms with van der Waals surface area (Å²) in [4.78, 5) is 22.8. The van der Waals surface area contributed by atoms with Crippen molar-refractivity contribution in [3.63, 3.8) is 0 Å². The van der Waals surface area contributed by atoms with Gasteiger partial charge in [0.15, 0.2) is 0 Å². The van der Waals surface area contributed by atoms with E-state index in [0.717, 1.165) is 11.4 Å². The van der Waals surface area contributed by atoms with Crippen LogP contribution in [0, 0.1) is 11.3 Å². The molecule has 2 rings (SSSR count). The van der Waals surface area contributed by atoms with E-state index in [1.807, 2.05) is 0 Å². The van der Waals surface area contributed by atoms with Crippen LogP contribution >= 0.6 is 11.3 Å². The molecule has 0 radical (unpaired) electrons. The Hall–Kier alpha value is -1.50. The number of amides is 1. The second-order valence-corrected chi connectivity index (χ2v) is 6.00. The summed E-state index contributed by atoms with van der Waals surface area (Å²) in [7, 11) is 0. The van der Waals surface area contributed by atoms with Crippen LogP contribution in [0.25, 0.3) is 0 Å². The van der Waals surface area contributed by atoms with Crippen molar-refractivity contribution >= 4 is 28.3 Å². The summed E-state index contributed by atoms with van der Waals surface area (Å²) in [5.41, 5.74) is -1.23. The highest BCUT2D eigenvalue weighted by molar-refractivity contribution is 7.15. The highest BCUT2D eigenvalue weighted by atomic mass is 32.1. The fourth-order valence-corrected chi connectivity index (χ4v) is 2.56. The second-order valence-electron chi connectivity index (χ2n) is 4.94. The highest BCUT2D eigenvalue weighted by Crippen LogP contribution is 2.46. The fraction of sp³-hybridized carbons (Fsp3) is 0.636. The molecule has 0 aliphatic heterocycles. The van der Waals surface area contributed by atoms with E-state index in [1.54, 1.807) is 0 Å². The summed E-state index contributed by atoms with van der Waals surface area (Å²) in [6, 6.07) is 0. The molecule has 1 aliphatic rings. The van der Waals surface area contributed by atoms with Crippen molar-refractivity contribution in [3.8, 4) is 0 Å². The molecular weight excluding hydrogens is 254 g/mol. The van der Waals surface area contributed by atoms with Crippen LogP contribution in [0.5, 0.6) is 0 Å². The molecule has 6 nitrogen and oxygen atoms in total. The smallest absolute Gasteiger partial charge is 0.319 e. The summed E-state index contributed by atoms with van der Waals surface area (Å²) in [6.07, 6.45) is 1.59. The number of carboxylic acids is 1. The van der Waals surface area contributed by atoms with E-state index in [0.29, 0.717) is 23.9 Å². The standard InChI is InChI=1S/C11H15N3O3S/c1-6(2)5-7-13-14-10(18-7)12-8(15)11(3-4-11)9(16)17/h6H,3-5H2,1-2H3,(H,16,17)(H,12,14,15). The molecule has 1 saturated carbocycles. The largest absolute Gasteiger partial charge is 0.480 e. The minimum absolute atomic E-state index is 0.378. The molecule has 2 N–H and O–H groups in total. The Balaban J connectivity index is 2.00. The monoisotopic (exact) mass is 269 g/mol. The third-order valence-electron chi connectivity index (χ3n) is 2.86. The summed E-state index contributed by atoms with van der Waals surface area (Å²) in [5, 5.41) is 20.6. The maximum absolute atomic E-state index is 11.8. The molecule has 1 fully saturated rings. The van der Waals surface area contributed by atoms with Gasteiger partial charge in [0.1, 0.15) is 10.4 Å². The normalized spacial score (nSPS) is 16.6. The summed E-state index contributed by atoms with van der Waals surface area (Å²) < 4.78 is 0. The minimum Gasteiger partial charge on any atom is -0.480 e. The van der Waals surface area contributed by atoms with Crippen molar-refractivity contribution in [2.24, 2.45) is 11.3 Å². The molecule has 0 bridgehead atoms. The van der Waals surface area contributed by atoms with Gasteiger partial charge in [0, 0.05) is 6.42 Å².